The van der Waals surface area contributed by atoms with Crippen molar-refractivity contribution in [3.63, 3.8) is 0 Å². The van der Waals surface area contributed by atoms with Crippen LogP contribution in [-0.4, -0.2) is 32.8 Å². The monoisotopic (exact) mass is 313 g/mol. The minimum Gasteiger partial charge on any atom is -0.497 e. The number of benzene rings is 2. The van der Waals surface area contributed by atoms with Gasteiger partial charge < -0.3 is 19.5 Å². The molecule has 2 aromatic rings. The molecule has 0 fully saturated rings. The number of nitrogens with one attached hydrogen (secondary N) is 1. The highest BCUT2D eigenvalue weighted by Crippen LogP contribution is 2.25. The fourth-order valence-corrected chi connectivity index (χ4v) is 2.44. The highest BCUT2D eigenvalue weighted by atomic mass is 16.5. The molecule has 1 aliphatic rings. The first-order valence-corrected chi connectivity index (χ1v) is 7.57. The maximum Gasteiger partial charge on any atom is 0.251 e. The number of rotatable bonds is 6. The number of fused-ring (bicyclic) bond motifs is 1. The zero-order valence-electron chi connectivity index (χ0n) is 13.0. The van der Waals surface area contributed by atoms with Crippen LogP contribution >= 0.6 is 0 Å². The maximum absolute atomic E-state index is 12.1. The number of hydrogen-bond acceptors (Lipinski definition) is 4. The zero-order valence-corrected chi connectivity index (χ0v) is 13.0. The third-order valence-corrected chi connectivity index (χ3v) is 3.67. The lowest BCUT2D eigenvalue weighted by molar-refractivity contribution is 0.0947. The molecule has 0 radical (unpaired) electrons. The summed E-state index contributed by atoms with van der Waals surface area (Å²) in [6.07, 6.45) is 0.858. The second kappa shape index (κ2) is 7.05. The smallest absolute Gasteiger partial charge is 0.251 e. The van der Waals surface area contributed by atoms with E-state index in [0.717, 1.165) is 29.2 Å². The van der Waals surface area contributed by atoms with Gasteiger partial charge in [0.1, 0.15) is 23.9 Å². The summed E-state index contributed by atoms with van der Waals surface area (Å²) in [5, 5.41) is 2.85. The first kappa shape index (κ1) is 15.2. The van der Waals surface area contributed by atoms with E-state index in [4.69, 9.17) is 14.2 Å². The van der Waals surface area contributed by atoms with Crippen molar-refractivity contribution in [2.24, 2.45) is 0 Å². The minimum absolute atomic E-state index is 0.0990. The van der Waals surface area contributed by atoms with Crippen molar-refractivity contribution in [3.05, 3.63) is 53.6 Å². The van der Waals surface area contributed by atoms with E-state index in [9.17, 15) is 4.79 Å². The summed E-state index contributed by atoms with van der Waals surface area (Å²) in [5.74, 6) is 2.31. The summed E-state index contributed by atoms with van der Waals surface area (Å²) in [4.78, 5) is 12.1. The van der Waals surface area contributed by atoms with E-state index in [0.29, 0.717) is 25.3 Å². The molecule has 0 spiro atoms. The average Bonchev–Trinajstić information content (AvgIpc) is 3.06. The first-order valence-electron chi connectivity index (χ1n) is 7.57. The Bertz CT molecular complexity index is 682. The molecule has 120 valence electrons. The third kappa shape index (κ3) is 3.74. The second-order valence-corrected chi connectivity index (χ2v) is 5.20. The van der Waals surface area contributed by atoms with Gasteiger partial charge in [0, 0.05) is 12.0 Å². The Balaban J connectivity index is 1.45. The van der Waals surface area contributed by atoms with Crippen molar-refractivity contribution < 1.29 is 19.0 Å². The van der Waals surface area contributed by atoms with Crippen LogP contribution in [0.5, 0.6) is 17.2 Å². The topological polar surface area (TPSA) is 56.8 Å². The number of ether oxygens (including phenoxy) is 3. The molecule has 1 amide bonds. The molecule has 2 aromatic carbocycles. The zero-order chi connectivity index (χ0) is 16.1. The van der Waals surface area contributed by atoms with Crippen LogP contribution in [0.25, 0.3) is 0 Å². The van der Waals surface area contributed by atoms with Crippen LogP contribution in [0.1, 0.15) is 15.9 Å². The van der Waals surface area contributed by atoms with Gasteiger partial charge in [-0.3, -0.25) is 4.79 Å². The fourth-order valence-electron chi connectivity index (χ4n) is 2.44. The molecule has 0 atom stereocenters. The summed E-state index contributed by atoms with van der Waals surface area (Å²) in [6.45, 7) is 1.54. The molecule has 23 heavy (non-hydrogen) atoms. The predicted octanol–water partition coefficient (Wildman–Crippen LogP) is 2.44. The van der Waals surface area contributed by atoms with Crippen LogP contribution < -0.4 is 19.5 Å². The Morgan fingerprint density at radius 3 is 2.74 bits per heavy atom. The predicted molar refractivity (Wildman–Crippen MR) is 86.5 cm³/mol. The molecule has 0 unspecified atom stereocenters. The second-order valence-electron chi connectivity index (χ2n) is 5.20. The largest absolute Gasteiger partial charge is 0.497 e. The van der Waals surface area contributed by atoms with Crippen LogP contribution in [0.3, 0.4) is 0 Å². The molecular weight excluding hydrogens is 294 g/mol. The van der Waals surface area contributed by atoms with E-state index < -0.39 is 0 Å². The number of amides is 1. The summed E-state index contributed by atoms with van der Waals surface area (Å²) in [7, 11) is 1.62. The van der Waals surface area contributed by atoms with Crippen LogP contribution in [0, 0.1) is 0 Å². The lowest BCUT2D eigenvalue weighted by Gasteiger charge is -2.09. The highest BCUT2D eigenvalue weighted by molar-refractivity contribution is 5.94. The highest BCUT2D eigenvalue weighted by Gasteiger charge is 2.14. The van der Waals surface area contributed by atoms with Crippen molar-refractivity contribution >= 4 is 5.91 Å². The molecule has 3 rings (SSSR count). The van der Waals surface area contributed by atoms with E-state index in [-0.39, 0.29) is 5.91 Å². The molecule has 1 N–H and O–H groups in total. The Morgan fingerprint density at radius 2 is 1.96 bits per heavy atom. The van der Waals surface area contributed by atoms with Crippen LogP contribution in [0.2, 0.25) is 0 Å². The maximum atomic E-state index is 12.1. The Labute approximate surface area is 135 Å². The van der Waals surface area contributed by atoms with Gasteiger partial charge in [-0.2, -0.15) is 0 Å². The van der Waals surface area contributed by atoms with Gasteiger partial charge >= 0.3 is 0 Å². The third-order valence-electron chi connectivity index (χ3n) is 3.67. The van der Waals surface area contributed by atoms with Gasteiger partial charge in [-0.05, 0) is 48.0 Å². The normalized spacial score (nSPS) is 12.2. The number of methoxy groups -OCH3 is 1. The summed E-state index contributed by atoms with van der Waals surface area (Å²) in [6, 6.07) is 12.9. The van der Waals surface area contributed by atoms with Gasteiger partial charge in [-0.15, -0.1) is 0 Å². The van der Waals surface area contributed by atoms with Gasteiger partial charge in [0.15, 0.2) is 0 Å². The first-order chi connectivity index (χ1) is 11.3. The SMILES string of the molecule is COc1ccc(OCCNC(=O)c2ccc3c(c2)CCO3)cc1. The van der Waals surface area contributed by atoms with E-state index in [1.807, 2.05) is 36.4 Å². The van der Waals surface area contributed by atoms with Gasteiger partial charge in [0.2, 0.25) is 0 Å². The Hall–Kier alpha value is -2.69. The van der Waals surface area contributed by atoms with E-state index >= 15 is 0 Å². The number of carbonyl (C=O) groups is 1. The molecule has 0 aromatic heterocycles. The standard InChI is InChI=1S/C18H19NO4/c1-21-15-3-5-16(6-4-15)22-11-9-19-18(20)14-2-7-17-13(12-14)8-10-23-17/h2-7,12H,8-11H2,1H3,(H,19,20). The lowest BCUT2D eigenvalue weighted by atomic mass is 10.1. The molecule has 5 nitrogen and oxygen atoms in total. The number of carbonyl (C=O) groups excluding carboxylic acids is 1. The van der Waals surface area contributed by atoms with Crippen molar-refractivity contribution in [1.29, 1.82) is 0 Å². The molecule has 0 aliphatic carbocycles. The molecule has 1 heterocycles. The summed E-state index contributed by atoms with van der Waals surface area (Å²) in [5.41, 5.74) is 1.74. The van der Waals surface area contributed by atoms with Crippen molar-refractivity contribution in [3.8, 4) is 17.2 Å². The van der Waals surface area contributed by atoms with Crippen molar-refractivity contribution in [2.45, 2.75) is 6.42 Å². The van der Waals surface area contributed by atoms with E-state index in [1.165, 1.54) is 0 Å². The van der Waals surface area contributed by atoms with E-state index in [1.54, 1.807) is 13.2 Å². The van der Waals surface area contributed by atoms with Crippen molar-refractivity contribution in [2.75, 3.05) is 26.9 Å². The van der Waals surface area contributed by atoms with Crippen LogP contribution in [0.15, 0.2) is 42.5 Å². The average molecular weight is 313 g/mol. The fraction of sp³-hybridized carbons (Fsp3) is 0.278. The van der Waals surface area contributed by atoms with Crippen LogP contribution in [0.4, 0.5) is 0 Å². The molecular formula is C18H19NO4. The summed E-state index contributed by atoms with van der Waals surface area (Å²) >= 11 is 0. The van der Waals surface area contributed by atoms with Crippen LogP contribution in [-0.2, 0) is 6.42 Å². The Morgan fingerprint density at radius 1 is 1.17 bits per heavy atom. The molecule has 0 saturated heterocycles. The lowest BCUT2D eigenvalue weighted by Crippen LogP contribution is -2.28. The molecule has 0 bridgehead atoms. The minimum atomic E-state index is -0.0990. The Kier molecular flexibility index (Phi) is 4.66. The van der Waals surface area contributed by atoms with E-state index in [2.05, 4.69) is 5.32 Å². The van der Waals surface area contributed by atoms with Gasteiger partial charge in [0.05, 0.1) is 20.3 Å². The molecule has 5 heteroatoms. The summed E-state index contributed by atoms with van der Waals surface area (Å²) < 4.78 is 16.1. The van der Waals surface area contributed by atoms with Gasteiger partial charge in [-0.25, -0.2) is 0 Å². The van der Waals surface area contributed by atoms with Crippen molar-refractivity contribution in [1.82, 2.24) is 5.32 Å². The molecule has 1 aliphatic heterocycles. The van der Waals surface area contributed by atoms with Gasteiger partial charge in [-0.1, -0.05) is 0 Å². The quantitative estimate of drug-likeness (QED) is 0.832. The van der Waals surface area contributed by atoms with Gasteiger partial charge in [0.25, 0.3) is 5.91 Å². The number of hydrogen-bond donors (Lipinski definition) is 1. The molecule has 0 saturated carbocycles.